The molecule has 0 spiro atoms. The van der Waals surface area contributed by atoms with Crippen molar-refractivity contribution >= 4 is 49.9 Å². The Labute approximate surface area is 280 Å². The van der Waals surface area contributed by atoms with Gasteiger partial charge in [-0.05, 0) is 90.9 Å². The summed E-state index contributed by atoms with van der Waals surface area (Å²) < 4.78 is 66.1. The summed E-state index contributed by atoms with van der Waals surface area (Å²) in [5.74, 6) is -1.35. The molecule has 1 fully saturated rings. The van der Waals surface area contributed by atoms with E-state index < -0.39 is 39.0 Å². The van der Waals surface area contributed by atoms with E-state index in [1.807, 2.05) is 18.3 Å². The van der Waals surface area contributed by atoms with Gasteiger partial charge in [0.1, 0.15) is 17.1 Å². The Morgan fingerprint density at radius 1 is 1.06 bits per heavy atom. The van der Waals surface area contributed by atoms with Gasteiger partial charge in [0.2, 0.25) is 5.95 Å². The Balaban J connectivity index is 1.15. The molecule has 3 heterocycles. The number of nitrogens with zero attached hydrogens (tertiary/aromatic N) is 4. The van der Waals surface area contributed by atoms with Gasteiger partial charge in [0.25, 0.3) is 10.0 Å². The lowest BCUT2D eigenvalue weighted by Crippen LogP contribution is -2.39. The molecule has 2 aromatic heterocycles. The van der Waals surface area contributed by atoms with Crippen LogP contribution in [0.5, 0.6) is 5.75 Å². The number of fused-ring (bicyclic) bond motifs is 2. The Morgan fingerprint density at radius 3 is 2.62 bits per heavy atom. The molecule has 0 saturated carbocycles. The summed E-state index contributed by atoms with van der Waals surface area (Å²) in [6.45, 7) is 1.70. The van der Waals surface area contributed by atoms with Gasteiger partial charge in [-0.1, -0.05) is 11.6 Å². The first-order valence-corrected chi connectivity index (χ1v) is 17.3. The average molecular weight is 693 g/mol. The minimum absolute atomic E-state index is 0.106. The number of nitrogens with one attached hydrogen (secondary N) is 2. The number of ether oxygens (including phenoxy) is 1. The smallest absolute Gasteiger partial charge is 0.262 e. The summed E-state index contributed by atoms with van der Waals surface area (Å²) in [7, 11) is -2.94. The van der Waals surface area contributed by atoms with Crippen molar-refractivity contribution in [2.75, 3.05) is 35.1 Å². The lowest BCUT2D eigenvalue weighted by Gasteiger charge is -2.33. The molecular formula is C34H31ClF2N6O4S. The van der Waals surface area contributed by atoms with E-state index in [1.165, 1.54) is 31.4 Å². The van der Waals surface area contributed by atoms with Crippen LogP contribution in [0.25, 0.3) is 22.0 Å². The van der Waals surface area contributed by atoms with Crippen LogP contribution in [-0.4, -0.2) is 54.7 Å². The maximum atomic E-state index is 16.1. The van der Waals surface area contributed by atoms with Crippen molar-refractivity contribution in [2.24, 2.45) is 0 Å². The number of aliphatic hydroxyl groups is 1. The van der Waals surface area contributed by atoms with E-state index >= 15 is 8.78 Å². The molecule has 14 heteroatoms. The number of methoxy groups -OCH3 is 1. The van der Waals surface area contributed by atoms with Gasteiger partial charge in [0.15, 0.2) is 5.82 Å². The van der Waals surface area contributed by atoms with Crippen molar-refractivity contribution in [1.29, 1.82) is 0 Å². The van der Waals surface area contributed by atoms with Crippen LogP contribution in [-0.2, 0) is 16.4 Å². The third kappa shape index (κ3) is 6.09. The standard InChI is InChI=1S/C34H31ClF2N6O4S/c1-47-29-14-19(13-20-17-39-34(41-33(20)29)40-22-8-11-43(12-9-22)23-3-2-10-38-18-23)31-26(36)5-6-27(32(31)37)42-48(45,46)30-16-21(35)15-25-24(30)4-7-28(25)44/h2-3,5-6,10,13-18,22,28,42,44H,4,7-9,11-12H2,1H3,(H,39,40,41). The van der Waals surface area contributed by atoms with Gasteiger partial charge in [-0.15, -0.1) is 0 Å². The topological polar surface area (TPSA) is 130 Å². The largest absolute Gasteiger partial charge is 0.494 e. The van der Waals surface area contributed by atoms with Gasteiger partial charge in [0, 0.05) is 41.9 Å². The monoisotopic (exact) mass is 692 g/mol. The van der Waals surface area contributed by atoms with Crippen molar-refractivity contribution < 1.29 is 27.0 Å². The van der Waals surface area contributed by atoms with Crippen LogP contribution in [0.2, 0.25) is 5.02 Å². The fraction of sp³-hybridized carbons (Fsp3) is 0.265. The number of hydrogen-bond acceptors (Lipinski definition) is 9. The van der Waals surface area contributed by atoms with Crippen LogP contribution in [0.1, 0.15) is 36.5 Å². The second-order valence-corrected chi connectivity index (χ2v) is 13.9. The molecule has 1 aliphatic carbocycles. The zero-order chi connectivity index (χ0) is 33.6. The highest BCUT2D eigenvalue weighted by Crippen LogP contribution is 2.40. The van der Waals surface area contributed by atoms with Crippen molar-refractivity contribution in [3.63, 3.8) is 0 Å². The molecular weight excluding hydrogens is 662 g/mol. The molecule has 7 rings (SSSR count). The van der Waals surface area contributed by atoms with E-state index in [0.29, 0.717) is 40.8 Å². The molecule has 248 valence electrons. The third-order valence-electron chi connectivity index (χ3n) is 8.86. The number of sulfonamides is 1. The van der Waals surface area contributed by atoms with Crippen LogP contribution in [0.15, 0.2) is 72.0 Å². The zero-order valence-electron chi connectivity index (χ0n) is 25.8. The van der Waals surface area contributed by atoms with Crippen LogP contribution in [0, 0.1) is 11.6 Å². The van der Waals surface area contributed by atoms with Crippen molar-refractivity contribution in [1.82, 2.24) is 15.0 Å². The fourth-order valence-corrected chi connectivity index (χ4v) is 8.13. The quantitative estimate of drug-likeness (QED) is 0.167. The first kappa shape index (κ1) is 32.0. The lowest BCUT2D eigenvalue weighted by molar-refractivity contribution is 0.180. The predicted molar refractivity (Wildman–Crippen MR) is 180 cm³/mol. The SMILES string of the molecule is COc1cc(-c2c(F)ccc(NS(=O)(=O)c3cc(Cl)cc4c3CCC4O)c2F)cc2cnc(NC3CCN(c4cccnc4)CC3)nc12. The van der Waals surface area contributed by atoms with Crippen LogP contribution in [0.3, 0.4) is 0 Å². The third-order valence-corrected chi connectivity index (χ3v) is 10.5. The highest BCUT2D eigenvalue weighted by Gasteiger charge is 2.30. The molecule has 0 amide bonds. The van der Waals surface area contributed by atoms with Crippen LogP contribution >= 0.6 is 11.6 Å². The van der Waals surface area contributed by atoms with Crippen LogP contribution in [0.4, 0.5) is 26.1 Å². The number of anilines is 3. The van der Waals surface area contributed by atoms with Crippen molar-refractivity contribution in [2.45, 2.75) is 42.7 Å². The molecule has 3 aromatic carbocycles. The molecule has 1 unspecified atom stereocenters. The van der Waals surface area contributed by atoms with E-state index in [9.17, 15) is 13.5 Å². The summed E-state index contributed by atoms with van der Waals surface area (Å²) in [6, 6.07) is 11.9. The van der Waals surface area contributed by atoms with E-state index in [2.05, 4.69) is 29.9 Å². The molecule has 2 aliphatic rings. The van der Waals surface area contributed by atoms with Gasteiger partial charge in [0.05, 0.1) is 41.2 Å². The Bertz CT molecular complexity index is 2130. The number of halogens is 3. The van der Waals surface area contributed by atoms with Crippen molar-refractivity contribution in [3.05, 3.63) is 94.9 Å². The highest BCUT2D eigenvalue weighted by molar-refractivity contribution is 7.92. The number of aliphatic hydroxyl groups excluding tert-OH is 1. The van der Waals surface area contributed by atoms with E-state index in [0.717, 1.165) is 43.8 Å². The second-order valence-electron chi connectivity index (χ2n) is 11.8. The normalized spacial score (nSPS) is 16.6. The van der Waals surface area contributed by atoms with Crippen LogP contribution < -0.4 is 19.7 Å². The summed E-state index contributed by atoms with van der Waals surface area (Å²) in [5, 5.41) is 14.3. The maximum absolute atomic E-state index is 16.1. The number of benzene rings is 3. The first-order valence-electron chi connectivity index (χ1n) is 15.4. The minimum Gasteiger partial charge on any atom is -0.494 e. The van der Waals surface area contributed by atoms with E-state index in [4.69, 9.17) is 16.3 Å². The van der Waals surface area contributed by atoms with Gasteiger partial charge in [-0.3, -0.25) is 9.71 Å². The minimum atomic E-state index is -4.37. The number of piperidine rings is 1. The molecule has 1 aliphatic heterocycles. The van der Waals surface area contributed by atoms with E-state index in [1.54, 1.807) is 12.4 Å². The molecule has 3 N–H and O–H groups in total. The molecule has 0 bridgehead atoms. The summed E-state index contributed by atoms with van der Waals surface area (Å²) in [4.78, 5) is 15.4. The van der Waals surface area contributed by atoms with Gasteiger partial charge in [-0.25, -0.2) is 27.2 Å². The Kier molecular flexibility index (Phi) is 8.52. The highest BCUT2D eigenvalue weighted by atomic mass is 35.5. The molecule has 48 heavy (non-hydrogen) atoms. The molecule has 1 atom stereocenters. The molecule has 0 radical (unpaired) electrons. The second kappa shape index (κ2) is 12.8. The Hall–Kier alpha value is -4.59. The average Bonchev–Trinajstić information content (AvgIpc) is 3.45. The predicted octanol–water partition coefficient (Wildman–Crippen LogP) is 6.49. The fourth-order valence-electron chi connectivity index (χ4n) is 6.46. The lowest BCUT2D eigenvalue weighted by atomic mass is 10.0. The van der Waals surface area contributed by atoms with Gasteiger partial charge < -0.3 is 20.1 Å². The summed E-state index contributed by atoms with van der Waals surface area (Å²) in [6.07, 6.45) is 6.69. The van der Waals surface area contributed by atoms with Crippen molar-refractivity contribution in [3.8, 4) is 16.9 Å². The van der Waals surface area contributed by atoms with Gasteiger partial charge in [-0.2, -0.15) is 0 Å². The molecule has 10 nitrogen and oxygen atoms in total. The number of rotatable bonds is 8. The van der Waals surface area contributed by atoms with E-state index in [-0.39, 0.29) is 27.3 Å². The maximum Gasteiger partial charge on any atom is 0.262 e. The van der Waals surface area contributed by atoms with Gasteiger partial charge >= 0.3 is 0 Å². The molecule has 1 saturated heterocycles. The summed E-state index contributed by atoms with van der Waals surface area (Å²) >= 11 is 6.16. The first-order chi connectivity index (χ1) is 23.1. The molecule has 5 aromatic rings. The number of hydrogen-bond donors (Lipinski definition) is 3. The zero-order valence-corrected chi connectivity index (χ0v) is 27.3. The Morgan fingerprint density at radius 2 is 1.88 bits per heavy atom. The summed E-state index contributed by atoms with van der Waals surface area (Å²) in [5.41, 5.74) is 1.55. The number of pyridine rings is 1. The number of aromatic nitrogens is 3.